The number of aromatic hydroxyl groups is 1. The number of benzene rings is 2. The van der Waals surface area contributed by atoms with Gasteiger partial charge < -0.3 is 16.6 Å². The Morgan fingerprint density at radius 1 is 1.06 bits per heavy atom. The molecule has 2 aromatic carbocycles. The van der Waals surface area contributed by atoms with E-state index in [0.29, 0.717) is 5.69 Å². The molecule has 3 nitrogen and oxygen atoms in total. The molecule has 0 saturated carbocycles. The third kappa shape index (κ3) is 2.65. The van der Waals surface area contributed by atoms with E-state index in [0.717, 1.165) is 21.0 Å². The summed E-state index contributed by atoms with van der Waals surface area (Å²) in [6.07, 6.45) is 0. The summed E-state index contributed by atoms with van der Waals surface area (Å²) in [5.74, 6) is 0.225. The molecule has 0 radical (unpaired) electrons. The quantitative estimate of drug-likeness (QED) is 0.562. The lowest BCUT2D eigenvalue weighted by Gasteiger charge is -2.07. The van der Waals surface area contributed by atoms with Crippen molar-refractivity contribution in [3.63, 3.8) is 0 Å². The summed E-state index contributed by atoms with van der Waals surface area (Å²) in [6.45, 7) is 1.96. The number of nitrogens with two attached hydrogens (primary N) is 2. The van der Waals surface area contributed by atoms with Crippen molar-refractivity contribution in [2.24, 2.45) is 0 Å². The molecule has 0 saturated heterocycles. The van der Waals surface area contributed by atoms with Crippen LogP contribution in [0.3, 0.4) is 0 Å². The molecular formula is C13H14N2OS. The molecule has 0 aliphatic carbocycles. The van der Waals surface area contributed by atoms with Gasteiger partial charge in [-0.15, -0.1) is 0 Å². The maximum Gasteiger partial charge on any atom is 0.129 e. The molecule has 17 heavy (non-hydrogen) atoms. The van der Waals surface area contributed by atoms with Gasteiger partial charge in [-0.3, -0.25) is 0 Å². The van der Waals surface area contributed by atoms with Crippen LogP contribution in [0, 0.1) is 6.92 Å². The van der Waals surface area contributed by atoms with Gasteiger partial charge in [-0.25, -0.2) is 0 Å². The lowest BCUT2D eigenvalue weighted by molar-refractivity contribution is 0.462. The van der Waals surface area contributed by atoms with Crippen LogP contribution in [-0.2, 0) is 0 Å². The average Bonchev–Trinajstić information content (AvgIpc) is 2.29. The summed E-state index contributed by atoms with van der Waals surface area (Å²) in [6, 6.07) is 10.8. The van der Waals surface area contributed by atoms with E-state index in [-0.39, 0.29) is 5.75 Å². The number of aryl methyl sites for hydroxylation is 1. The smallest absolute Gasteiger partial charge is 0.129 e. The highest BCUT2D eigenvalue weighted by atomic mass is 32.2. The van der Waals surface area contributed by atoms with Crippen LogP contribution in [0.15, 0.2) is 46.2 Å². The molecule has 4 heteroatoms. The van der Waals surface area contributed by atoms with Crippen LogP contribution < -0.4 is 11.5 Å². The predicted molar refractivity (Wildman–Crippen MR) is 72.2 cm³/mol. The standard InChI is InChI=1S/C13H14N2OS/c1-8-2-4-10(7-11(8)15)17-13-6-9(14)3-5-12(13)16/h2-7,16H,14-15H2,1H3. The van der Waals surface area contributed by atoms with Crippen LogP contribution in [0.1, 0.15) is 5.56 Å². The highest BCUT2D eigenvalue weighted by Gasteiger charge is 2.05. The van der Waals surface area contributed by atoms with Crippen molar-refractivity contribution in [2.75, 3.05) is 11.5 Å². The number of rotatable bonds is 2. The van der Waals surface area contributed by atoms with E-state index in [1.807, 2.05) is 25.1 Å². The van der Waals surface area contributed by atoms with Gasteiger partial charge in [0.05, 0.1) is 4.90 Å². The molecule has 0 aliphatic rings. The van der Waals surface area contributed by atoms with Gasteiger partial charge in [0.25, 0.3) is 0 Å². The Morgan fingerprint density at radius 2 is 1.82 bits per heavy atom. The molecule has 2 aromatic rings. The molecule has 0 fully saturated rings. The van der Waals surface area contributed by atoms with E-state index in [2.05, 4.69) is 0 Å². The maximum atomic E-state index is 9.71. The van der Waals surface area contributed by atoms with Crippen molar-refractivity contribution < 1.29 is 5.11 Å². The van der Waals surface area contributed by atoms with E-state index < -0.39 is 0 Å². The second-order valence-electron chi connectivity index (χ2n) is 3.85. The minimum absolute atomic E-state index is 0.225. The van der Waals surface area contributed by atoms with Gasteiger partial charge in [0, 0.05) is 16.3 Å². The van der Waals surface area contributed by atoms with E-state index in [4.69, 9.17) is 11.5 Å². The van der Waals surface area contributed by atoms with Crippen molar-refractivity contribution in [3.05, 3.63) is 42.0 Å². The Morgan fingerprint density at radius 3 is 2.53 bits per heavy atom. The van der Waals surface area contributed by atoms with Crippen LogP contribution >= 0.6 is 11.8 Å². The van der Waals surface area contributed by atoms with Crippen LogP contribution in [0.4, 0.5) is 11.4 Å². The third-order valence-electron chi connectivity index (χ3n) is 2.46. The van der Waals surface area contributed by atoms with E-state index in [1.54, 1.807) is 18.2 Å². The normalized spacial score (nSPS) is 10.4. The zero-order chi connectivity index (χ0) is 12.4. The molecule has 0 spiro atoms. The topological polar surface area (TPSA) is 72.3 Å². The molecule has 0 bridgehead atoms. The monoisotopic (exact) mass is 246 g/mol. The number of phenolic OH excluding ortho intramolecular Hbond substituents is 1. The highest BCUT2D eigenvalue weighted by Crippen LogP contribution is 2.36. The summed E-state index contributed by atoms with van der Waals surface area (Å²) in [4.78, 5) is 1.71. The largest absolute Gasteiger partial charge is 0.507 e. The van der Waals surface area contributed by atoms with Crippen molar-refractivity contribution in [2.45, 2.75) is 16.7 Å². The third-order valence-corrected chi connectivity index (χ3v) is 3.50. The number of hydrogen-bond acceptors (Lipinski definition) is 4. The summed E-state index contributed by atoms with van der Waals surface area (Å²) in [5.41, 5.74) is 14.0. The lowest BCUT2D eigenvalue weighted by Crippen LogP contribution is -1.89. The SMILES string of the molecule is Cc1ccc(Sc2cc(N)ccc2O)cc1N. The molecule has 2 rings (SSSR count). The zero-order valence-corrected chi connectivity index (χ0v) is 10.3. The molecular weight excluding hydrogens is 232 g/mol. The number of nitrogen functional groups attached to an aromatic ring is 2. The van der Waals surface area contributed by atoms with E-state index >= 15 is 0 Å². The second kappa shape index (κ2) is 4.59. The number of hydrogen-bond donors (Lipinski definition) is 3. The fourth-order valence-corrected chi connectivity index (χ4v) is 2.37. The molecule has 0 atom stereocenters. The minimum atomic E-state index is 0.225. The molecule has 88 valence electrons. The Bertz CT molecular complexity index is 555. The Labute approximate surface area is 104 Å². The summed E-state index contributed by atoms with van der Waals surface area (Å²) in [5, 5.41) is 9.71. The van der Waals surface area contributed by atoms with Gasteiger partial charge in [-0.1, -0.05) is 17.8 Å². The van der Waals surface area contributed by atoms with Gasteiger partial charge in [0.1, 0.15) is 5.75 Å². The van der Waals surface area contributed by atoms with Crippen molar-refractivity contribution >= 4 is 23.1 Å². The average molecular weight is 246 g/mol. The second-order valence-corrected chi connectivity index (χ2v) is 4.96. The minimum Gasteiger partial charge on any atom is -0.507 e. The summed E-state index contributed by atoms with van der Waals surface area (Å²) in [7, 11) is 0. The molecule has 5 N–H and O–H groups in total. The molecule has 0 aliphatic heterocycles. The van der Waals surface area contributed by atoms with Gasteiger partial charge in [0.2, 0.25) is 0 Å². The van der Waals surface area contributed by atoms with Crippen molar-refractivity contribution in [3.8, 4) is 5.75 Å². The zero-order valence-electron chi connectivity index (χ0n) is 9.47. The first-order valence-corrected chi connectivity index (χ1v) is 6.00. The fraction of sp³-hybridized carbons (Fsp3) is 0.0769. The molecule has 0 aromatic heterocycles. The number of phenols is 1. The Balaban J connectivity index is 2.31. The number of anilines is 2. The first kappa shape index (κ1) is 11.7. The fourth-order valence-electron chi connectivity index (χ4n) is 1.42. The summed E-state index contributed by atoms with van der Waals surface area (Å²) < 4.78 is 0. The van der Waals surface area contributed by atoms with Gasteiger partial charge in [0.15, 0.2) is 0 Å². The first-order chi connectivity index (χ1) is 8.06. The van der Waals surface area contributed by atoms with Crippen LogP contribution in [0.25, 0.3) is 0 Å². The van der Waals surface area contributed by atoms with Crippen LogP contribution in [0.5, 0.6) is 5.75 Å². The van der Waals surface area contributed by atoms with Crippen LogP contribution in [-0.4, -0.2) is 5.11 Å². The Hall–Kier alpha value is -1.81. The molecule has 0 unspecified atom stereocenters. The van der Waals surface area contributed by atoms with E-state index in [1.165, 1.54) is 11.8 Å². The first-order valence-electron chi connectivity index (χ1n) is 5.19. The van der Waals surface area contributed by atoms with Crippen molar-refractivity contribution in [1.29, 1.82) is 0 Å². The highest BCUT2D eigenvalue weighted by molar-refractivity contribution is 7.99. The van der Waals surface area contributed by atoms with E-state index in [9.17, 15) is 5.11 Å². The predicted octanol–water partition coefficient (Wildman–Crippen LogP) is 3.02. The summed E-state index contributed by atoms with van der Waals surface area (Å²) >= 11 is 1.44. The maximum absolute atomic E-state index is 9.71. The van der Waals surface area contributed by atoms with Gasteiger partial charge in [-0.05, 0) is 42.8 Å². The lowest BCUT2D eigenvalue weighted by atomic mass is 10.2. The van der Waals surface area contributed by atoms with Gasteiger partial charge >= 0.3 is 0 Å². The van der Waals surface area contributed by atoms with Crippen LogP contribution in [0.2, 0.25) is 0 Å². The Kier molecular flexibility index (Phi) is 3.15. The van der Waals surface area contributed by atoms with Gasteiger partial charge in [-0.2, -0.15) is 0 Å². The van der Waals surface area contributed by atoms with Crippen molar-refractivity contribution in [1.82, 2.24) is 0 Å². The molecule has 0 amide bonds. The molecule has 0 heterocycles.